The van der Waals surface area contributed by atoms with E-state index in [4.69, 9.17) is 4.74 Å². The van der Waals surface area contributed by atoms with E-state index in [0.29, 0.717) is 18.8 Å². The molecular formula is C23H28FN3O. The van der Waals surface area contributed by atoms with Crippen LogP contribution in [0.15, 0.2) is 36.2 Å². The summed E-state index contributed by atoms with van der Waals surface area (Å²) in [5.74, 6) is 0.978. The van der Waals surface area contributed by atoms with E-state index in [-0.39, 0.29) is 11.8 Å². The highest BCUT2D eigenvalue weighted by Gasteiger charge is 2.33. The topological polar surface area (TPSA) is 38.3 Å². The number of fused-ring (bicyclic) bond motifs is 1. The fourth-order valence-corrected chi connectivity index (χ4v) is 4.65. The number of alkyl halides is 1. The Morgan fingerprint density at radius 3 is 2.86 bits per heavy atom. The molecular weight excluding hydrogens is 353 g/mol. The average Bonchev–Trinajstić information content (AvgIpc) is 3.28. The lowest BCUT2D eigenvalue weighted by atomic mass is 9.81. The van der Waals surface area contributed by atoms with Crippen molar-refractivity contribution in [1.29, 1.82) is 0 Å². The van der Waals surface area contributed by atoms with Gasteiger partial charge in [0.2, 0.25) is 5.88 Å². The van der Waals surface area contributed by atoms with Crippen molar-refractivity contribution in [2.24, 2.45) is 0 Å². The molecule has 148 valence electrons. The molecule has 3 atom stereocenters. The van der Waals surface area contributed by atoms with Crippen LogP contribution in [-0.4, -0.2) is 47.8 Å². The first-order valence-corrected chi connectivity index (χ1v) is 10.1. The molecule has 4 rings (SSSR count). The van der Waals surface area contributed by atoms with Gasteiger partial charge in [-0.25, -0.2) is 9.37 Å². The lowest BCUT2D eigenvalue weighted by Crippen LogP contribution is -2.23. The summed E-state index contributed by atoms with van der Waals surface area (Å²) in [5, 5.41) is 0. The number of likely N-dealkylation sites (tertiary alicyclic amines) is 1. The third kappa shape index (κ3) is 3.68. The van der Waals surface area contributed by atoms with Crippen molar-refractivity contribution in [3.05, 3.63) is 58.6 Å². The fourth-order valence-electron chi connectivity index (χ4n) is 4.65. The molecule has 1 aromatic carbocycles. The molecule has 0 bridgehead atoms. The number of aryl methyl sites for hydroxylation is 1. The van der Waals surface area contributed by atoms with E-state index < -0.39 is 6.17 Å². The zero-order valence-electron chi connectivity index (χ0n) is 16.9. The van der Waals surface area contributed by atoms with Gasteiger partial charge in [0.25, 0.3) is 0 Å². The van der Waals surface area contributed by atoms with E-state index in [1.54, 1.807) is 19.5 Å². The highest BCUT2D eigenvalue weighted by Crippen LogP contribution is 2.47. The molecule has 0 saturated carbocycles. The molecule has 1 saturated heterocycles. The van der Waals surface area contributed by atoms with Gasteiger partial charge < -0.3 is 9.64 Å². The quantitative estimate of drug-likeness (QED) is 0.738. The van der Waals surface area contributed by atoms with Crippen LogP contribution in [-0.2, 0) is 0 Å². The molecule has 2 heterocycles. The zero-order valence-corrected chi connectivity index (χ0v) is 16.9. The van der Waals surface area contributed by atoms with Gasteiger partial charge in [-0.05, 0) is 30.9 Å². The number of methoxy groups -OCH3 is 1. The maximum Gasteiger partial charge on any atom is 0.235 e. The van der Waals surface area contributed by atoms with Gasteiger partial charge in [0.1, 0.15) is 11.9 Å². The lowest BCUT2D eigenvalue weighted by molar-refractivity contribution is 0.289. The van der Waals surface area contributed by atoms with E-state index in [9.17, 15) is 4.39 Å². The maximum absolute atomic E-state index is 13.6. The second-order valence-corrected chi connectivity index (χ2v) is 8.01. The smallest absolute Gasteiger partial charge is 0.235 e. The summed E-state index contributed by atoms with van der Waals surface area (Å²) in [7, 11) is 1.64. The molecule has 28 heavy (non-hydrogen) atoms. The maximum atomic E-state index is 13.6. The van der Waals surface area contributed by atoms with Crippen LogP contribution in [0.4, 0.5) is 4.39 Å². The predicted molar refractivity (Wildman–Crippen MR) is 109 cm³/mol. The van der Waals surface area contributed by atoms with Crippen molar-refractivity contribution in [2.45, 2.75) is 44.7 Å². The van der Waals surface area contributed by atoms with Gasteiger partial charge in [0.15, 0.2) is 0 Å². The number of rotatable bonds is 6. The molecule has 1 fully saturated rings. The Kier molecular flexibility index (Phi) is 5.44. The fraction of sp³-hybridized carbons (Fsp3) is 0.478. The van der Waals surface area contributed by atoms with Crippen molar-refractivity contribution in [3.8, 4) is 5.88 Å². The van der Waals surface area contributed by atoms with Crippen LogP contribution in [0.3, 0.4) is 0 Å². The Labute approximate surface area is 166 Å². The number of hydrogen-bond donors (Lipinski definition) is 0. The third-order valence-corrected chi connectivity index (χ3v) is 6.07. The van der Waals surface area contributed by atoms with Gasteiger partial charge in [-0.1, -0.05) is 42.3 Å². The Morgan fingerprint density at radius 1 is 1.29 bits per heavy atom. The summed E-state index contributed by atoms with van der Waals surface area (Å²) in [6.45, 7) is 6.66. The summed E-state index contributed by atoms with van der Waals surface area (Å²) < 4.78 is 19.0. The summed E-state index contributed by atoms with van der Waals surface area (Å²) in [6, 6.07) is 6.67. The zero-order chi connectivity index (χ0) is 19.7. The molecule has 3 unspecified atom stereocenters. The van der Waals surface area contributed by atoms with E-state index >= 15 is 0 Å². The molecule has 0 amide bonds. The van der Waals surface area contributed by atoms with Gasteiger partial charge in [-0.15, -0.1) is 0 Å². The minimum atomic E-state index is -0.670. The number of benzene rings is 1. The molecule has 5 heteroatoms. The molecule has 2 aliphatic rings. The minimum Gasteiger partial charge on any atom is -0.480 e. The Bertz CT molecular complexity index is 882. The lowest BCUT2D eigenvalue weighted by Gasteiger charge is -2.26. The highest BCUT2D eigenvalue weighted by molar-refractivity contribution is 5.68. The number of ether oxygens (including phenoxy) is 1. The second kappa shape index (κ2) is 8.00. The molecule has 4 nitrogen and oxygen atoms in total. The van der Waals surface area contributed by atoms with E-state index in [1.807, 2.05) is 0 Å². The summed E-state index contributed by atoms with van der Waals surface area (Å²) in [4.78, 5) is 11.2. The first-order chi connectivity index (χ1) is 13.6. The molecule has 1 aromatic heterocycles. The first kappa shape index (κ1) is 19.1. The molecule has 1 aliphatic heterocycles. The van der Waals surface area contributed by atoms with Crippen molar-refractivity contribution >= 4 is 6.08 Å². The largest absolute Gasteiger partial charge is 0.480 e. The standard InChI is InChI=1S/C23H28FN3O/c1-15-4-5-20-18(12-15)13-17(6-10-27-11-7-19(24)14-27)21(20)16(2)22-23(28-3)26-9-8-25-22/h4-5,8-9,12-13,16,19,21H,6-7,10-11,14H2,1-3H3. The van der Waals surface area contributed by atoms with Crippen LogP contribution in [0.25, 0.3) is 6.08 Å². The van der Waals surface area contributed by atoms with Crippen LogP contribution in [0.5, 0.6) is 5.88 Å². The number of nitrogens with zero attached hydrogens (tertiary/aromatic N) is 3. The Balaban J connectivity index is 1.63. The average molecular weight is 381 g/mol. The Hall–Kier alpha value is -2.27. The third-order valence-electron chi connectivity index (χ3n) is 6.07. The van der Waals surface area contributed by atoms with E-state index in [0.717, 1.165) is 25.2 Å². The van der Waals surface area contributed by atoms with Crippen molar-refractivity contribution in [2.75, 3.05) is 26.7 Å². The predicted octanol–water partition coefficient (Wildman–Crippen LogP) is 4.51. The van der Waals surface area contributed by atoms with Crippen molar-refractivity contribution < 1.29 is 9.13 Å². The molecule has 2 aromatic rings. The van der Waals surface area contributed by atoms with Gasteiger partial charge in [-0.3, -0.25) is 4.98 Å². The summed E-state index contributed by atoms with van der Waals surface area (Å²) >= 11 is 0. The second-order valence-electron chi connectivity index (χ2n) is 8.01. The van der Waals surface area contributed by atoms with Crippen LogP contribution in [0.2, 0.25) is 0 Å². The SMILES string of the molecule is COc1nccnc1C(C)C1C(CCN2CCC(F)C2)=Cc2cc(C)ccc21. The van der Waals surface area contributed by atoms with E-state index in [1.165, 1.54) is 22.3 Å². The molecule has 0 radical (unpaired) electrons. The van der Waals surface area contributed by atoms with Crippen LogP contribution in [0.1, 0.15) is 54.0 Å². The first-order valence-electron chi connectivity index (χ1n) is 10.1. The molecule has 0 N–H and O–H groups in total. The normalized spacial score (nSPS) is 22.8. The number of aromatic nitrogens is 2. The van der Waals surface area contributed by atoms with Crippen LogP contribution in [0, 0.1) is 6.92 Å². The van der Waals surface area contributed by atoms with Crippen molar-refractivity contribution in [3.63, 3.8) is 0 Å². The number of hydrogen-bond acceptors (Lipinski definition) is 4. The highest BCUT2D eigenvalue weighted by atomic mass is 19.1. The van der Waals surface area contributed by atoms with Gasteiger partial charge in [0, 0.05) is 43.9 Å². The summed E-state index contributed by atoms with van der Waals surface area (Å²) in [5.41, 5.74) is 6.17. The Morgan fingerprint density at radius 2 is 2.11 bits per heavy atom. The number of halogens is 1. The summed E-state index contributed by atoms with van der Waals surface area (Å²) in [6.07, 6.45) is 6.66. The van der Waals surface area contributed by atoms with Gasteiger partial charge >= 0.3 is 0 Å². The van der Waals surface area contributed by atoms with Crippen LogP contribution < -0.4 is 4.74 Å². The van der Waals surface area contributed by atoms with Crippen LogP contribution >= 0.6 is 0 Å². The molecule has 1 aliphatic carbocycles. The van der Waals surface area contributed by atoms with Gasteiger partial charge in [-0.2, -0.15) is 0 Å². The van der Waals surface area contributed by atoms with Crippen molar-refractivity contribution in [1.82, 2.24) is 14.9 Å². The minimum absolute atomic E-state index is 0.145. The molecule has 0 spiro atoms. The van der Waals surface area contributed by atoms with Gasteiger partial charge in [0.05, 0.1) is 7.11 Å². The monoisotopic (exact) mass is 381 g/mol. The van der Waals surface area contributed by atoms with E-state index in [2.05, 4.69) is 53.0 Å².